The smallest absolute Gasteiger partial charge is 0.259 e. The molecule has 2 fully saturated rings. The molecule has 0 unspecified atom stereocenters. The van der Waals surface area contributed by atoms with E-state index in [1.165, 1.54) is 6.20 Å². The van der Waals surface area contributed by atoms with E-state index in [2.05, 4.69) is 5.16 Å². The highest BCUT2D eigenvalue weighted by molar-refractivity contribution is 5.94. The molecule has 1 aromatic heterocycles. The fourth-order valence-electron chi connectivity index (χ4n) is 3.95. The number of carbonyl (C=O) groups excluding carboxylic acids is 1. The summed E-state index contributed by atoms with van der Waals surface area (Å²) < 4.78 is 10.9. The number of likely N-dealkylation sites (tertiary alicyclic amines) is 1. The van der Waals surface area contributed by atoms with E-state index in [1.54, 1.807) is 0 Å². The second kappa shape index (κ2) is 7.21. The average molecular weight is 338 g/mol. The van der Waals surface area contributed by atoms with Crippen molar-refractivity contribution in [1.82, 2.24) is 10.1 Å². The summed E-state index contributed by atoms with van der Waals surface area (Å²) in [7, 11) is 0. The Morgan fingerprint density at radius 3 is 2.88 bits per heavy atom. The van der Waals surface area contributed by atoms with Gasteiger partial charge in [-0.1, -0.05) is 12.1 Å². The molecule has 3 rings (SSSR count). The number of aromatic nitrogens is 1. The van der Waals surface area contributed by atoms with E-state index in [0.29, 0.717) is 56.7 Å². The number of carbonyl (C=O) groups is 1. The van der Waals surface area contributed by atoms with Crippen molar-refractivity contribution in [2.24, 2.45) is 5.41 Å². The second-order valence-electron chi connectivity index (χ2n) is 6.77. The van der Waals surface area contributed by atoms with Crippen molar-refractivity contribution in [2.45, 2.75) is 51.2 Å². The monoisotopic (exact) mass is 338 g/mol. The summed E-state index contributed by atoms with van der Waals surface area (Å²) in [4.78, 5) is 14.5. The van der Waals surface area contributed by atoms with Crippen LogP contribution >= 0.6 is 0 Å². The highest BCUT2D eigenvalue weighted by atomic mass is 16.5. The van der Waals surface area contributed by atoms with Crippen LogP contribution in [-0.2, 0) is 11.2 Å². The molecule has 7 nitrogen and oxygen atoms in total. The molecule has 1 aliphatic carbocycles. The predicted octanol–water partition coefficient (Wildman–Crippen LogP) is 0.992. The summed E-state index contributed by atoms with van der Waals surface area (Å²) in [5, 5.41) is 22.9. The molecule has 0 radical (unpaired) electrons. The highest BCUT2D eigenvalue weighted by Crippen LogP contribution is 2.51. The van der Waals surface area contributed by atoms with Crippen LogP contribution in [0.15, 0.2) is 10.7 Å². The molecule has 1 saturated carbocycles. The van der Waals surface area contributed by atoms with Gasteiger partial charge in [-0.05, 0) is 19.3 Å². The van der Waals surface area contributed by atoms with Crippen LogP contribution < -0.4 is 0 Å². The standard InChI is InChI=1S/C17H26N2O5/c1-2-3-13-12(11-18-24-13)16(22)19-6-4-17(5-7-19)14(21)10-15(17)23-9-8-20/h11,14-15,20-21H,2-10H2,1H3/t14-,15+/m0/s1. The molecule has 134 valence electrons. The lowest BCUT2D eigenvalue weighted by atomic mass is 9.58. The number of aryl methyl sites for hydroxylation is 1. The van der Waals surface area contributed by atoms with Gasteiger partial charge in [-0.25, -0.2) is 0 Å². The van der Waals surface area contributed by atoms with Gasteiger partial charge in [0.15, 0.2) is 0 Å². The topological polar surface area (TPSA) is 96.0 Å². The number of nitrogens with zero attached hydrogens (tertiary/aromatic N) is 2. The quantitative estimate of drug-likeness (QED) is 0.803. The summed E-state index contributed by atoms with van der Waals surface area (Å²) in [6.45, 7) is 3.49. The van der Waals surface area contributed by atoms with Crippen molar-refractivity contribution >= 4 is 5.91 Å². The summed E-state index contributed by atoms with van der Waals surface area (Å²) in [6.07, 6.45) is 4.73. The van der Waals surface area contributed by atoms with E-state index in [4.69, 9.17) is 14.4 Å². The molecule has 2 N–H and O–H groups in total. The van der Waals surface area contributed by atoms with E-state index >= 15 is 0 Å². The predicted molar refractivity (Wildman–Crippen MR) is 85.5 cm³/mol. The minimum Gasteiger partial charge on any atom is -0.394 e. The number of rotatable bonds is 6. The molecule has 1 aromatic rings. The Balaban J connectivity index is 1.62. The van der Waals surface area contributed by atoms with Crippen LogP contribution in [0.4, 0.5) is 0 Å². The number of aliphatic hydroxyl groups is 2. The van der Waals surface area contributed by atoms with Crippen molar-refractivity contribution in [1.29, 1.82) is 0 Å². The van der Waals surface area contributed by atoms with Gasteiger partial charge >= 0.3 is 0 Å². The van der Waals surface area contributed by atoms with Crippen molar-refractivity contribution in [3.05, 3.63) is 17.5 Å². The van der Waals surface area contributed by atoms with Gasteiger partial charge in [0.25, 0.3) is 5.91 Å². The molecule has 7 heteroatoms. The van der Waals surface area contributed by atoms with Gasteiger partial charge in [-0.2, -0.15) is 0 Å². The molecule has 1 saturated heterocycles. The fourth-order valence-corrected chi connectivity index (χ4v) is 3.95. The first kappa shape index (κ1) is 17.4. The maximum atomic E-state index is 12.7. The SMILES string of the molecule is CCCc1oncc1C(=O)N1CCC2(CC1)[C@@H](O)C[C@H]2OCCO. The normalized spacial score (nSPS) is 25.7. The van der Waals surface area contributed by atoms with Crippen LogP contribution in [0.1, 0.15) is 48.7 Å². The molecule has 0 bridgehead atoms. The zero-order valence-corrected chi connectivity index (χ0v) is 14.1. The van der Waals surface area contributed by atoms with Crippen LogP contribution in [0.25, 0.3) is 0 Å². The maximum absolute atomic E-state index is 12.7. The van der Waals surface area contributed by atoms with Crippen LogP contribution in [0.2, 0.25) is 0 Å². The van der Waals surface area contributed by atoms with E-state index < -0.39 is 0 Å². The Kier molecular flexibility index (Phi) is 5.22. The Morgan fingerprint density at radius 2 is 2.25 bits per heavy atom. The third-order valence-electron chi connectivity index (χ3n) is 5.49. The summed E-state index contributed by atoms with van der Waals surface area (Å²) in [6, 6.07) is 0. The van der Waals surface area contributed by atoms with Gasteiger partial charge in [0.2, 0.25) is 0 Å². The van der Waals surface area contributed by atoms with E-state index in [9.17, 15) is 9.90 Å². The van der Waals surface area contributed by atoms with Crippen molar-refractivity contribution in [3.63, 3.8) is 0 Å². The first-order valence-corrected chi connectivity index (χ1v) is 8.75. The Labute approximate surface area is 141 Å². The van der Waals surface area contributed by atoms with Crippen molar-refractivity contribution in [3.8, 4) is 0 Å². The number of hydrogen-bond acceptors (Lipinski definition) is 6. The summed E-state index contributed by atoms with van der Waals surface area (Å²) in [5.41, 5.74) is 0.280. The summed E-state index contributed by atoms with van der Waals surface area (Å²) in [5.74, 6) is 0.604. The van der Waals surface area contributed by atoms with Gasteiger partial charge in [0.1, 0.15) is 11.3 Å². The number of piperidine rings is 1. The first-order chi connectivity index (χ1) is 11.6. The molecular weight excluding hydrogens is 312 g/mol. The van der Waals surface area contributed by atoms with Crippen LogP contribution in [0, 0.1) is 5.41 Å². The Hall–Kier alpha value is -1.44. The fraction of sp³-hybridized carbons (Fsp3) is 0.765. The highest BCUT2D eigenvalue weighted by Gasteiger charge is 2.56. The van der Waals surface area contributed by atoms with Crippen molar-refractivity contribution < 1.29 is 24.3 Å². The number of aliphatic hydroxyl groups excluding tert-OH is 2. The van der Waals surface area contributed by atoms with Gasteiger partial charge in [-0.3, -0.25) is 4.79 Å². The third-order valence-corrected chi connectivity index (χ3v) is 5.49. The Morgan fingerprint density at radius 1 is 1.50 bits per heavy atom. The van der Waals surface area contributed by atoms with Crippen LogP contribution in [-0.4, -0.2) is 64.7 Å². The minimum absolute atomic E-state index is 0.0129. The lowest BCUT2D eigenvalue weighted by molar-refractivity contribution is -0.211. The first-order valence-electron chi connectivity index (χ1n) is 8.75. The zero-order valence-electron chi connectivity index (χ0n) is 14.1. The lowest BCUT2D eigenvalue weighted by Gasteiger charge is -2.56. The molecule has 2 aliphatic rings. The second-order valence-corrected chi connectivity index (χ2v) is 6.77. The average Bonchev–Trinajstić information content (AvgIpc) is 3.06. The van der Waals surface area contributed by atoms with E-state index in [0.717, 1.165) is 6.42 Å². The van der Waals surface area contributed by atoms with Gasteiger partial charge < -0.3 is 24.4 Å². The molecular formula is C17H26N2O5. The molecule has 2 heterocycles. The van der Waals surface area contributed by atoms with Crippen LogP contribution in [0.3, 0.4) is 0 Å². The molecule has 0 aromatic carbocycles. The zero-order chi connectivity index (χ0) is 17.2. The number of ether oxygens (including phenoxy) is 1. The number of amides is 1. The Bertz CT molecular complexity index is 565. The summed E-state index contributed by atoms with van der Waals surface area (Å²) >= 11 is 0. The largest absolute Gasteiger partial charge is 0.394 e. The molecule has 1 aliphatic heterocycles. The van der Waals surface area contributed by atoms with Gasteiger partial charge in [0.05, 0.1) is 31.6 Å². The molecule has 1 spiro atoms. The molecule has 1 amide bonds. The van der Waals surface area contributed by atoms with E-state index in [1.807, 2.05) is 11.8 Å². The molecule has 24 heavy (non-hydrogen) atoms. The number of hydrogen-bond donors (Lipinski definition) is 2. The third kappa shape index (κ3) is 2.96. The van der Waals surface area contributed by atoms with Gasteiger partial charge in [0, 0.05) is 31.3 Å². The molecule has 2 atom stereocenters. The maximum Gasteiger partial charge on any atom is 0.259 e. The lowest BCUT2D eigenvalue weighted by Crippen LogP contribution is -2.62. The van der Waals surface area contributed by atoms with E-state index in [-0.39, 0.29) is 30.1 Å². The van der Waals surface area contributed by atoms with Gasteiger partial charge in [-0.15, -0.1) is 0 Å². The minimum atomic E-state index is -0.385. The van der Waals surface area contributed by atoms with Crippen molar-refractivity contribution in [2.75, 3.05) is 26.3 Å². The van der Waals surface area contributed by atoms with Crippen LogP contribution in [0.5, 0.6) is 0 Å².